The summed E-state index contributed by atoms with van der Waals surface area (Å²) in [5.41, 5.74) is 0.00605. The third kappa shape index (κ3) is 3.82. The number of alkyl halides is 5. The van der Waals surface area contributed by atoms with Gasteiger partial charge in [-0.05, 0) is 30.4 Å². The van der Waals surface area contributed by atoms with E-state index in [4.69, 9.17) is 0 Å². The number of rotatable bonds is 4. The fraction of sp³-hybridized carbons (Fsp3) is 0.500. The van der Waals surface area contributed by atoms with Gasteiger partial charge in [0, 0.05) is 32.4 Å². The van der Waals surface area contributed by atoms with Crippen LogP contribution < -0.4 is 9.80 Å². The molecule has 2 aliphatic rings. The molecule has 12 heteroatoms. The van der Waals surface area contributed by atoms with Gasteiger partial charge in [-0.25, -0.2) is 28.4 Å². The maximum Gasteiger partial charge on any atom is 0.419 e. The Bertz CT molecular complexity index is 1120. The quantitative estimate of drug-likeness (QED) is 0.564. The van der Waals surface area contributed by atoms with Crippen molar-refractivity contribution < 1.29 is 22.0 Å². The summed E-state index contributed by atoms with van der Waals surface area (Å²) in [7, 11) is 0. The first-order chi connectivity index (χ1) is 15.3. The van der Waals surface area contributed by atoms with Crippen molar-refractivity contribution in [1.29, 1.82) is 0 Å². The van der Waals surface area contributed by atoms with E-state index in [-0.39, 0.29) is 11.7 Å². The molecule has 3 aromatic rings. The summed E-state index contributed by atoms with van der Waals surface area (Å²) in [6, 6.07) is 2.35. The van der Waals surface area contributed by atoms with Crippen LogP contribution in [0.5, 0.6) is 0 Å². The largest absolute Gasteiger partial charge is 0.419 e. The van der Waals surface area contributed by atoms with Crippen LogP contribution in [0.25, 0.3) is 11.2 Å². The molecule has 3 aromatic heterocycles. The highest BCUT2D eigenvalue weighted by molar-refractivity contribution is 5.71. The Morgan fingerprint density at radius 3 is 2.59 bits per heavy atom. The Morgan fingerprint density at radius 2 is 1.81 bits per heavy atom. The van der Waals surface area contributed by atoms with E-state index in [9.17, 15) is 22.0 Å². The number of fused-ring (bicyclic) bond motifs is 2. The number of anilines is 2. The van der Waals surface area contributed by atoms with E-state index in [1.165, 1.54) is 18.5 Å². The Hall–Kier alpha value is -3.05. The molecule has 32 heavy (non-hydrogen) atoms. The Labute approximate surface area is 179 Å². The van der Waals surface area contributed by atoms with Gasteiger partial charge in [-0.3, -0.25) is 0 Å². The van der Waals surface area contributed by atoms with E-state index in [2.05, 4.69) is 20.1 Å². The molecule has 5 heterocycles. The van der Waals surface area contributed by atoms with Crippen molar-refractivity contribution in [1.82, 2.24) is 24.7 Å². The highest BCUT2D eigenvalue weighted by Crippen LogP contribution is 2.39. The number of halogens is 5. The molecule has 5 rings (SSSR count). The molecule has 0 bridgehead atoms. The van der Waals surface area contributed by atoms with Gasteiger partial charge in [0.1, 0.15) is 23.7 Å². The molecule has 2 saturated heterocycles. The molecular formula is C20H20F5N7. The second kappa shape index (κ2) is 7.82. The lowest BCUT2D eigenvalue weighted by molar-refractivity contribution is -0.137. The molecule has 2 unspecified atom stereocenters. The van der Waals surface area contributed by atoms with Crippen molar-refractivity contribution in [3.8, 4) is 0 Å². The monoisotopic (exact) mass is 453 g/mol. The van der Waals surface area contributed by atoms with Gasteiger partial charge < -0.3 is 9.80 Å². The topological polar surface area (TPSA) is 63.0 Å². The SMILES string of the molecule is FC(F)Cn1ncc2ncc(N3CC4CCN(c5ncccc5C(F)(F)F)CC4C3)nc21. The molecule has 7 nitrogen and oxygen atoms in total. The molecule has 0 saturated carbocycles. The van der Waals surface area contributed by atoms with Crippen molar-refractivity contribution in [2.45, 2.75) is 25.6 Å². The maximum atomic E-state index is 13.4. The number of hydrogen-bond acceptors (Lipinski definition) is 6. The summed E-state index contributed by atoms with van der Waals surface area (Å²) >= 11 is 0. The lowest BCUT2D eigenvalue weighted by Gasteiger charge is -2.36. The van der Waals surface area contributed by atoms with Gasteiger partial charge in [-0.15, -0.1) is 0 Å². The second-order valence-corrected chi connectivity index (χ2v) is 8.19. The average Bonchev–Trinajstić information content (AvgIpc) is 3.36. The maximum absolute atomic E-state index is 13.4. The number of piperidine rings is 1. The van der Waals surface area contributed by atoms with Crippen LogP contribution in [0.2, 0.25) is 0 Å². The van der Waals surface area contributed by atoms with Gasteiger partial charge >= 0.3 is 6.18 Å². The van der Waals surface area contributed by atoms with E-state index >= 15 is 0 Å². The molecule has 2 aliphatic heterocycles. The standard InChI is InChI=1S/C20H20F5N7/c21-16(22)11-32-19-15(6-28-32)27-7-17(29-19)31-8-12-3-5-30(9-13(12)10-31)18-14(20(23,24)25)2-1-4-26-18/h1-2,4,6-7,12-13,16H,3,5,8-11H2. The van der Waals surface area contributed by atoms with Crippen LogP contribution >= 0.6 is 0 Å². The van der Waals surface area contributed by atoms with Crippen LogP contribution in [0.3, 0.4) is 0 Å². The molecule has 0 aliphatic carbocycles. The third-order valence-corrected chi connectivity index (χ3v) is 6.16. The predicted octanol–water partition coefficient (Wildman–Crippen LogP) is 3.47. The van der Waals surface area contributed by atoms with Crippen LogP contribution in [0.15, 0.2) is 30.7 Å². The molecule has 0 radical (unpaired) electrons. The Balaban J connectivity index is 1.35. The van der Waals surface area contributed by atoms with E-state index in [0.717, 1.165) is 17.2 Å². The summed E-state index contributed by atoms with van der Waals surface area (Å²) in [6.45, 7) is 1.67. The van der Waals surface area contributed by atoms with Crippen molar-refractivity contribution in [2.24, 2.45) is 11.8 Å². The molecule has 0 amide bonds. The zero-order valence-corrected chi connectivity index (χ0v) is 16.9. The van der Waals surface area contributed by atoms with Crippen LogP contribution in [0.4, 0.5) is 33.6 Å². The summed E-state index contributed by atoms with van der Waals surface area (Å²) in [4.78, 5) is 16.6. The summed E-state index contributed by atoms with van der Waals surface area (Å²) in [6.07, 6.45) is -1.92. The zero-order valence-electron chi connectivity index (χ0n) is 16.9. The normalized spacial score (nSPS) is 21.6. The molecule has 2 fully saturated rings. The first-order valence-electron chi connectivity index (χ1n) is 10.3. The number of hydrogen-bond donors (Lipinski definition) is 0. The van der Waals surface area contributed by atoms with Gasteiger partial charge in [0.2, 0.25) is 0 Å². The highest BCUT2D eigenvalue weighted by atomic mass is 19.4. The lowest BCUT2D eigenvalue weighted by Crippen LogP contribution is -2.41. The minimum absolute atomic E-state index is 0.0333. The molecule has 0 N–H and O–H groups in total. The fourth-order valence-electron chi connectivity index (χ4n) is 4.67. The van der Waals surface area contributed by atoms with Crippen LogP contribution in [0.1, 0.15) is 12.0 Å². The molecule has 170 valence electrons. The van der Waals surface area contributed by atoms with E-state index in [1.54, 1.807) is 11.1 Å². The summed E-state index contributed by atoms with van der Waals surface area (Å²) in [5, 5.41) is 3.93. The Morgan fingerprint density at radius 1 is 1.03 bits per heavy atom. The first kappa shape index (κ1) is 20.8. The number of pyridine rings is 1. The fourth-order valence-corrected chi connectivity index (χ4v) is 4.67. The second-order valence-electron chi connectivity index (χ2n) is 8.19. The predicted molar refractivity (Wildman–Crippen MR) is 107 cm³/mol. The highest BCUT2D eigenvalue weighted by Gasteiger charge is 2.41. The van der Waals surface area contributed by atoms with Crippen LogP contribution in [0, 0.1) is 11.8 Å². The molecule has 2 atom stereocenters. The van der Waals surface area contributed by atoms with Gasteiger partial charge in [0.15, 0.2) is 5.65 Å². The van der Waals surface area contributed by atoms with Crippen LogP contribution in [-0.2, 0) is 12.7 Å². The number of aromatic nitrogens is 5. The lowest BCUT2D eigenvalue weighted by atomic mass is 9.88. The van der Waals surface area contributed by atoms with Crippen molar-refractivity contribution >= 4 is 22.8 Å². The van der Waals surface area contributed by atoms with Gasteiger partial charge in [0.05, 0.1) is 18.0 Å². The minimum atomic E-state index is -4.46. The van der Waals surface area contributed by atoms with E-state index in [0.29, 0.717) is 49.1 Å². The van der Waals surface area contributed by atoms with Gasteiger partial charge in [0.25, 0.3) is 6.43 Å². The summed E-state index contributed by atoms with van der Waals surface area (Å²) < 4.78 is 67.0. The average molecular weight is 453 g/mol. The molecule has 0 aromatic carbocycles. The van der Waals surface area contributed by atoms with Crippen molar-refractivity contribution in [2.75, 3.05) is 36.0 Å². The molecule has 0 spiro atoms. The zero-order chi connectivity index (χ0) is 22.5. The number of nitrogens with zero attached hydrogens (tertiary/aromatic N) is 7. The summed E-state index contributed by atoms with van der Waals surface area (Å²) in [5.74, 6) is 0.959. The van der Waals surface area contributed by atoms with Crippen molar-refractivity contribution in [3.63, 3.8) is 0 Å². The van der Waals surface area contributed by atoms with Crippen molar-refractivity contribution in [3.05, 3.63) is 36.3 Å². The smallest absolute Gasteiger partial charge is 0.356 e. The van der Waals surface area contributed by atoms with Gasteiger partial charge in [-0.2, -0.15) is 18.3 Å². The Kier molecular flexibility index (Phi) is 5.09. The first-order valence-corrected chi connectivity index (χ1v) is 10.3. The molecular weight excluding hydrogens is 433 g/mol. The third-order valence-electron chi connectivity index (χ3n) is 6.16. The van der Waals surface area contributed by atoms with Gasteiger partial charge in [-0.1, -0.05) is 0 Å². The minimum Gasteiger partial charge on any atom is -0.356 e. The van der Waals surface area contributed by atoms with E-state index < -0.39 is 24.7 Å². The van der Waals surface area contributed by atoms with E-state index in [1.807, 2.05) is 4.90 Å². The van der Waals surface area contributed by atoms with Crippen LogP contribution in [-0.4, -0.2) is 57.3 Å².